The van der Waals surface area contributed by atoms with Gasteiger partial charge in [-0.1, -0.05) is 11.6 Å². The van der Waals surface area contributed by atoms with Gasteiger partial charge in [0.05, 0.1) is 30.3 Å². The molecule has 3 rings (SSSR count). The second-order valence-corrected chi connectivity index (χ2v) is 6.76. The molecule has 2 amide bonds. The fraction of sp³-hybridized carbons (Fsp3) is 0.250. The normalized spacial score (nSPS) is 16.1. The Bertz CT molecular complexity index is 935. The number of nitriles is 1. The number of hydrogen-bond donors (Lipinski definition) is 1. The molecule has 1 saturated heterocycles. The van der Waals surface area contributed by atoms with Crippen LogP contribution in [-0.2, 0) is 9.59 Å². The molecule has 27 heavy (non-hydrogen) atoms. The number of ether oxygens (including phenoxy) is 1. The molecular formula is C20H18ClN3O3. The molecule has 1 aliphatic rings. The molecule has 0 spiro atoms. The zero-order valence-corrected chi connectivity index (χ0v) is 15.7. The summed E-state index contributed by atoms with van der Waals surface area (Å²) in [6, 6.07) is 12.2. The number of methoxy groups -OCH3 is 1. The number of benzene rings is 2. The molecule has 138 valence electrons. The zero-order valence-electron chi connectivity index (χ0n) is 15.0. The largest absolute Gasteiger partial charge is 0.495 e. The van der Waals surface area contributed by atoms with E-state index in [9.17, 15) is 9.59 Å². The molecule has 0 radical (unpaired) electrons. The molecule has 1 atom stereocenters. The Morgan fingerprint density at radius 3 is 2.67 bits per heavy atom. The zero-order chi connectivity index (χ0) is 19.6. The van der Waals surface area contributed by atoms with E-state index in [-0.39, 0.29) is 24.8 Å². The van der Waals surface area contributed by atoms with E-state index in [0.29, 0.717) is 27.7 Å². The van der Waals surface area contributed by atoms with Gasteiger partial charge < -0.3 is 15.0 Å². The smallest absolute Gasteiger partial charge is 0.229 e. The second-order valence-electron chi connectivity index (χ2n) is 6.35. The number of anilines is 2. The molecule has 2 aromatic carbocycles. The SMILES string of the molecule is COc1cc(Cl)c(C)cc1NC(=O)C1CC(=O)N(c2ccc(C#N)cc2)C1. The second kappa shape index (κ2) is 7.68. The fourth-order valence-corrected chi connectivity index (χ4v) is 3.17. The summed E-state index contributed by atoms with van der Waals surface area (Å²) in [5.74, 6) is -0.389. The first-order valence-corrected chi connectivity index (χ1v) is 8.76. The van der Waals surface area contributed by atoms with Crippen molar-refractivity contribution in [2.75, 3.05) is 23.9 Å². The van der Waals surface area contributed by atoms with Gasteiger partial charge in [-0.3, -0.25) is 9.59 Å². The lowest BCUT2D eigenvalue weighted by atomic mass is 10.1. The van der Waals surface area contributed by atoms with Crippen LogP contribution in [0.4, 0.5) is 11.4 Å². The van der Waals surface area contributed by atoms with Crippen molar-refractivity contribution >= 4 is 34.8 Å². The summed E-state index contributed by atoms with van der Waals surface area (Å²) < 4.78 is 5.28. The lowest BCUT2D eigenvalue weighted by Gasteiger charge is -2.17. The fourth-order valence-electron chi connectivity index (χ4n) is 3.01. The van der Waals surface area contributed by atoms with Gasteiger partial charge in [-0.05, 0) is 42.8 Å². The Hall–Kier alpha value is -3.04. The van der Waals surface area contributed by atoms with Crippen molar-refractivity contribution in [3.63, 3.8) is 0 Å². The lowest BCUT2D eigenvalue weighted by molar-refractivity contribution is -0.122. The molecule has 1 unspecified atom stereocenters. The van der Waals surface area contributed by atoms with Gasteiger partial charge in [0, 0.05) is 29.7 Å². The van der Waals surface area contributed by atoms with E-state index in [0.717, 1.165) is 5.56 Å². The van der Waals surface area contributed by atoms with Crippen LogP contribution in [0.1, 0.15) is 17.5 Å². The van der Waals surface area contributed by atoms with Crippen molar-refractivity contribution in [3.05, 3.63) is 52.5 Å². The molecule has 1 N–H and O–H groups in total. The van der Waals surface area contributed by atoms with Gasteiger partial charge in [-0.15, -0.1) is 0 Å². The Balaban J connectivity index is 1.74. The highest BCUT2D eigenvalue weighted by atomic mass is 35.5. The first kappa shape index (κ1) is 18.7. The molecule has 2 aromatic rings. The highest BCUT2D eigenvalue weighted by Gasteiger charge is 2.35. The number of rotatable bonds is 4. The van der Waals surface area contributed by atoms with Crippen molar-refractivity contribution in [1.29, 1.82) is 5.26 Å². The maximum Gasteiger partial charge on any atom is 0.229 e. The first-order chi connectivity index (χ1) is 12.9. The number of hydrogen-bond acceptors (Lipinski definition) is 4. The third kappa shape index (κ3) is 3.88. The van der Waals surface area contributed by atoms with Crippen LogP contribution in [0.15, 0.2) is 36.4 Å². The summed E-state index contributed by atoms with van der Waals surface area (Å²) in [4.78, 5) is 26.6. The van der Waals surface area contributed by atoms with Crippen LogP contribution in [0.3, 0.4) is 0 Å². The summed E-state index contributed by atoms with van der Waals surface area (Å²) in [6.45, 7) is 2.12. The van der Waals surface area contributed by atoms with Crippen molar-refractivity contribution in [2.24, 2.45) is 5.92 Å². The highest BCUT2D eigenvalue weighted by molar-refractivity contribution is 6.31. The standard InChI is InChI=1S/C20H18ClN3O3/c1-12-7-17(18(27-2)9-16(12)21)23-20(26)14-8-19(25)24(11-14)15-5-3-13(10-22)4-6-15/h3-7,9,14H,8,11H2,1-2H3,(H,23,26). The summed E-state index contributed by atoms with van der Waals surface area (Å²) >= 11 is 6.09. The lowest BCUT2D eigenvalue weighted by Crippen LogP contribution is -2.28. The maximum absolute atomic E-state index is 12.7. The van der Waals surface area contributed by atoms with E-state index in [1.54, 1.807) is 41.3 Å². The van der Waals surface area contributed by atoms with Gasteiger partial charge >= 0.3 is 0 Å². The number of carbonyl (C=O) groups excluding carboxylic acids is 2. The number of carbonyl (C=O) groups is 2. The number of amides is 2. The average molecular weight is 384 g/mol. The minimum absolute atomic E-state index is 0.126. The minimum Gasteiger partial charge on any atom is -0.495 e. The summed E-state index contributed by atoms with van der Waals surface area (Å²) in [5.41, 5.74) is 2.53. The van der Waals surface area contributed by atoms with Crippen LogP contribution >= 0.6 is 11.6 Å². The van der Waals surface area contributed by atoms with Gasteiger partial charge in [-0.2, -0.15) is 5.26 Å². The van der Waals surface area contributed by atoms with Crippen molar-refractivity contribution in [3.8, 4) is 11.8 Å². The highest BCUT2D eigenvalue weighted by Crippen LogP contribution is 2.32. The van der Waals surface area contributed by atoms with E-state index in [1.807, 2.05) is 13.0 Å². The summed E-state index contributed by atoms with van der Waals surface area (Å²) in [7, 11) is 1.50. The van der Waals surface area contributed by atoms with Crippen LogP contribution < -0.4 is 15.0 Å². The predicted molar refractivity (Wildman–Crippen MR) is 103 cm³/mol. The molecule has 1 heterocycles. The molecule has 1 fully saturated rings. The average Bonchev–Trinajstić information content (AvgIpc) is 3.06. The van der Waals surface area contributed by atoms with E-state index in [2.05, 4.69) is 5.32 Å². The van der Waals surface area contributed by atoms with Crippen LogP contribution in [-0.4, -0.2) is 25.5 Å². The molecule has 0 aliphatic carbocycles. The van der Waals surface area contributed by atoms with Gasteiger partial charge in [0.15, 0.2) is 0 Å². The van der Waals surface area contributed by atoms with Crippen molar-refractivity contribution in [1.82, 2.24) is 0 Å². The molecular weight excluding hydrogens is 366 g/mol. The number of aryl methyl sites for hydroxylation is 1. The Labute approximate surface area is 162 Å². The van der Waals surface area contributed by atoms with E-state index in [4.69, 9.17) is 21.6 Å². The minimum atomic E-state index is -0.478. The first-order valence-electron chi connectivity index (χ1n) is 8.38. The number of halogens is 1. The Kier molecular flexibility index (Phi) is 5.33. The van der Waals surface area contributed by atoms with Gasteiger partial charge in [0.2, 0.25) is 11.8 Å². The topological polar surface area (TPSA) is 82.4 Å². The van der Waals surface area contributed by atoms with Crippen molar-refractivity contribution < 1.29 is 14.3 Å². The number of nitrogens with one attached hydrogen (secondary N) is 1. The maximum atomic E-state index is 12.7. The molecule has 6 nitrogen and oxygen atoms in total. The van der Waals surface area contributed by atoms with Crippen LogP contribution in [0.2, 0.25) is 5.02 Å². The van der Waals surface area contributed by atoms with E-state index in [1.165, 1.54) is 7.11 Å². The van der Waals surface area contributed by atoms with Gasteiger partial charge in [-0.25, -0.2) is 0 Å². The number of nitrogens with zero attached hydrogens (tertiary/aromatic N) is 2. The third-order valence-corrected chi connectivity index (χ3v) is 4.95. The van der Waals surface area contributed by atoms with Crippen LogP contribution in [0, 0.1) is 24.2 Å². The Morgan fingerprint density at radius 1 is 1.33 bits per heavy atom. The van der Waals surface area contributed by atoms with Crippen LogP contribution in [0.25, 0.3) is 0 Å². The molecule has 1 aliphatic heterocycles. The quantitative estimate of drug-likeness (QED) is 0.875. The van der Waals surface area contributed by atoms with E-state index < -0.39 is 5.92 Å². The van der Waals surface area contributed by atoms with Crippen LogP contribution in [0.5, 0.6) is 5.75 Å². The third-order valence-electron chi connectivity index (χ3n) is 4.54. The molecule has 0 bridgehead atoms. The monoisotopic (exact) mass is 383 g/mol. The predicted octanol–water partition coefficient (Wildman–Crippen LogP) is 3.52. The summed E-state index contributed by atoms with van der Waals surface area (Å²) in [5, 5.41) is 12.3. The summed E-state index contributed by atoms with van der Waals surface area (Å²) in [6.07, 6.45) is 0.126. The van der Waals surface area contributed by atoms with Gasteiger partial charge in [0.25, 0.3) is 0 Å². The Morgan fingerprint density at radius 2 is 2.04 bits per heavy atom. The van der Waals surface area contributed by atoms with Gasteiger partial charge in [0.1, 0.15) is 5.75 Å². The molecule has 0 aromatic heterocycles. The van der Waals surface area contributed by atoms with E-state index >= 15 is 0 Å². The van der Waals surface area contributed by atoms with Crippen molar-refractivity contribution in [2.45, 2.75) is 13.3 Å². The molecule has 0 saturated carbocycles. The molecule has 7 heteroatoms.